The minimum atomic E-state index is -4.51. The van der Waals surface area contributed by atoms with Gasteiger partial charge in [0.15, 0.2) is 0 Å². The van der Waals surface area contributed by atoms with Gasteiger partial charge in [-0.1, -0.05) is 18.2 Å². The van der Waals surface area contributed by atoms with Gasteiger partial charge in [-0.05, 0) is 35.7 Å². The van der Waals surface area contributed by atoms with Crippen molar-refractivity contribution in [3.05, 3.63) is 53.6 Å². The van der Waals surface area contributed by atoms with Gasteiger partial charge in [-0.15, -0.1) is 0 Å². The molecule has 1 radical (unpaired) electrons. The van der Waals surface area contributed by atoms with Gasteiger partial charge in [0.1, 0.15) is 17.2 Å². The van der Waals surface area contributed by atoms with Crippen LogP contribution in [0.15, 0.2) is 42.5 Å². The Balaban J connectivity index is 0.00000192. The van der Waals surface area contributed by atoms with E-state index in [1.165, 1.54) is 12.1 Å². The van der Waals surface area contributed by atoms with Crippen molar-refractivity contribution in [1.29, 1.82) is 0 Å². The average Bonchev–Trinajstić information content (AvgIpc) is 2.46. The second-order valence-corrected chi connectivity index (χ2v) is 6.11. The Bertz CT molecular complexity index is 788. The molecular weight excluding hydrogens is 331 g/mol. The molecule has 1 atom stereocenters. The van der Waals surface area contributed by atoms with E-state index in [9.17, 15) is 13.5 Å². The molecule has 23 heavy (non-hydrogen) atoms. The van der Waals surface area contributed by atoms with Crippen LogP contribution in [0, 0.1) is 0 Å². The second kappa shape index (κ2) is 7.11. The molecule has 0 saturated carbocycles. The van der Waals surface area contributed by atoms with Gasteiger partial charge in [0.05, 0.1) is 6.61 Å². The monoisotopic (exact) mass is 345 g/mol. The van der Waals surface area contributed by atoms with Crippen molar-refractivity contribution >= 4 is 40.0 Å². The summed E-state index contributed by atoms with van der Waals surface area (Å²) in [6.45, 7) is 0.467. The summed E-state index contributed by atoms with van der Waals surface area (Å²) < 4.78 is 40.0. The zero-order valence-electron chi connectivity index (χ0n) is 12.5. The molecule has 117 valence electrons. The van der Waals surface area contributed by atoms with Crippen LogP contribution in [-0.2, 0) is 16.8 Å². The van der Waals surface area contributed by atoms with Gasteiger partial charge in [-0.25, -0.2) is 0 Å². The van der Waals surface area contributed by atoms with Crippen molar-refractivity contribution in [1.82, 2.24) is 0 Å². The largest absolute Gasteiger partial charge is 0.508 e. The van der Waals surface area contributed by atoms with Crippen molar-refractivity contribution in [3.63, 3.8) is 0 Å². The number of ether oxygens (including phenoxy) is 1. The first-order chi connectivity index (χ1) is 10.4. The summed E-state index contributed by atoms with van der Waals surface area (Å²) in [5.41, 5.74) is 1.98. The summed E-state index contributed by atoms with van der Waals surface area (Å²) in [7, 11) is -4.51. The number of fused-ring (bicyclic) bond motifs is 1. The van der Waals surface area contributed by atoms with Gasteiger partial charge < -0.3 is 14.0 Å². The number of hydrogen-bond acceptors (Lipinski definition) is 5. The van der Waals surface area contributed by atoms with E-state index in [2.05, 4.69) is 4.18 Å². The van der Waals surface area contributed by atoms with Crippen LogP contribution in [0.5, 0.6) is 17.2 Å². The SMILES string of the molecule is O=S(=O)(O)Oc1ccc(C2COc3cc(O)ccc3C2)cc1.[Na]. The van der Waals surface area contributed by atoms with Gasteiger partial charge in [-0.2, -0.15) is 8.42 Å². The molecule has 1 aliphatic heterocycles. The first-order valence-corrected chi connectivity index (χ1v) is 7.99. The van der Waals surface area contributed by atoms with Crippen LogP contribution in [0.2, 0.25) is 0 Å². The van der Waals surface area contributed by atoms with Crippen LogP contribution >= 0.6 is 0 Å². The first kappa shape index (κ1) is 18.1. The fraction of sp³-hybridized carbons (Fsp3) is 0.200. The maximum atomic E-state index is 10.6. The summed E-state index contributed by atoms with van der Waals surface area (Å²) >= 11 is 0. The average molecular weight is 345 g/mol. The molecule has 1 aliphatic rings. The van der Waals surface area contributed by atoms with Crippen molar-refractivity contribution in [2.75, 3.05) is 6.61 Å². The summed E-state index contributed by atoms with van der Waals surface area (Å²) in [6.07, 6.45) is 0.758. The molecule has 0 fully saturated rings. The van der Waals surface area contributed by atoms with Gasteiger partial charge >= 0.3 is 10.4 Å². The zero-order valence-corrected chi connectivity index (χ0v) is 15.3. The first-order valence-electron chi connectivity index (χ1n) is 6.62. The summed E-state index contributed by atoms with van der Waals surface area (Å²) in [5.74, 6) is 1.02. The number of phenolic OH excluding ortho intramolecular Hbond substituents is 1. The Hall–Kier alpha value is -1.25. The van der Waals surface area contributed by atoms with Crippen molar-refractivity contribution in [2.24, 2.45) is 0 Å². The van der Waals surface area contributed by atoms with Crippen LogP contribution in [-0.4, -0.2) is 54.2 Å². The standard InChI is InChI=1S/C15H14O6S.Na/c16-13-4-1-11-7-12(9-20-15(11)8-13)10-2-5-14(6-3-10)21-22(17,18)19;/h1-6,8,12,16H,7,9H2,(H,17,18,19);. The second-order valence-electron chi connectivity index (χ2n) is 5.08. The molecule has 6 nitrogen and oxygen atoms in total. The van der Waals surface area contributed by atoms with Crippen LogP contribution in [0.25, 0.3) is 0 Å². The van der Waals surface area contributed by atoms with Crippen molar-refractivity contribution in [2.45, 2.75) is 12.3 Å². The fourth-order valence-corrected chi connectivity index (χ4v) is 2.85. The molecule has 0 bridgehead atoms. The van der Waals surface area contributed by atoms with Gasteiger partial charge in [0.25, 0.3) is 0 Å². The zero-order chi connectivity index (χ0) is 15.7. The molecule has 8 heteroatoms. The minimum Gasteiger partial charge on any atom is -0.508 e. The maximum absolute atomic E-state index is 10.6. The Kier molecular flexibility index (Phi) is 5.59. The molecule has 1 unspecified atom stereocenters. The van der Waals surface area contributed by atoms with E-state index >= 15 is 0 Å². The molecule has 3 rings (SSSR count). The molecule has 0 spiro atoms. The van der Waals surface area contributed by atoms with Gasteiger partial charge in [0, 0.05) is 41.5 Å². The quantitative estimate of drug-likeness (QED) is 0.652. The van der Waals surface area contributed by atoms with E-state index in [4.69, 9.17) is 9.29 Å². The molecule has 0 amide bonds. The molecule has 0 aliphatic carbocycles. The van der Waals surface area contributed by atoms with Gasteiger partial charge in [0.2, 0.25) is 0 Å². The Morgan fingerprint density at radius 2 is 1.83 bits per heavy atom. The van der Waals surface area contributed by atoms with E-state index in [0.29, 0.717) is 12.4 Å². The molecule has 2 aromatic carbocycles. The molecule has 2 N–H and O–H groups in total. The molecule has 1 heterocycles. The minimum absolute atomic E-state index is 0. The third kappa shape index (κ3) is 4.62. The van der Waals surface area contributed by atoms with Crippen molar-refractivity contribution in [3.8, 4) is 17.2 Å². The predicted molar refractivity (Wildman–Crippen MR) is 84.4 cm³/mol. The summed E-state index contributed by atoms with van der Waals surface area (Å²) in [4.78, 5) is 0. The summed E-state index contributed by atoms with van der Waals surface area (Å²) in [6, 6.07) is 11.5. The Morgan fingerprint density at radius 3 is 2.48 bits per heavy atom. The van der Waals surface area contributed by atoms with E-state index in [1.54, 1.807) is 24.3 Å². The number of aromatic hydroxyl groups is 1. The third-order valence-electron chi connectivity index (χ3n) is 3.51. The topological polar surface area (TPSA) is 93.1 Å². The van der Waals surface area contributed by atoms with E-state index < -0.39 is 10.4 Å². The normalized spacial score (nSPS) is 16.7. The number of hydrogen-bond donors (Lipinski definition) is 2. The van der Waals surface area contributed by atoms with Crippen LogP contribution in [0.1, 0.15) is 17.0 Å². The molecular formula is C15H14NaO6S. The number of phenols is 1. The maximum Gasteiger partial charge on any atom is 0.446 e. The van der Waals surface area contributed by atoms with E-state index in [-0.39, 0.29) is 47.0 Å². The fourth-order valence-electron chi connectivity index (χ4n) is 2.49. The van der Waals surface area contributed by atoms with E-state index in [1.807, 2.05) is 6.07 Å². The Morgan fingerprint density at radius 1 is 1.13 bits per heavy atom. The van der Waals surface area contributed by atoms with E-state index in [0.717, 1.165) is 17.5 Å². The Labute approximate surface area is 156 Å². The number of benzene rings is 2. The van der Waals surface area contributed by atoms with Crippen LogP contribution in [0.4, 0.5) is 0 Å². The third-order valence-corrected chi connectivity index (χ3v) is 3.91. The molecule has 0 aromatic heterocycles. The smallest absolute Gasteiger partial charge is 0.446 e. The van der Waals surface area contributed by atoms with Crippen LogP contribution < -0.4 is 8.92 Å². The molecule has 2 aromatic rings. The number of rotatable bonds is 3. The molecule has 0 saturated heterocycles. The van der Waals surface area contributed by atoms with Gasteiger partial charge in [-0.3, -0.25) is 4.55 Å². The van der Waals surface area contributed by atoms with Crippen molar-refractivity contribution < 1.29 is 27.0 Å². The predicted octanol–water partition coefficient (Wildman–Crippen LogP) is 1.91. The summed E-state index contributed by atoms with van der Waals surface area (Å²) in [5, 5.41) is 9.43. The van der Waals surface area contributed by atoms with Crippen LogP contribution in [0.3, 0.4) is 0 Å².